The van der Waals surface area contributed by atoms with E-state index in [1.165, 1.54) is 0 Å². The maximum Gasteiger partial charge on any atom is 0.258 e. The van der Waals surface area contributed by atoms with Gasteiger partial charge in [0.05, 0.1) is 24.5 Å². The highest BCUT2D eigenvalue weighted by Gasteiger charge is 2.26. The van der Waals surface area contributed by atoms with E-state index in [-0.39, 0.29) is 18.4 Å². The van der Waals surface area contributed by atoms with Crippen molar-refractivity contribution in [3.8, 4) is 5.75 Å². The van der Waals surface area contributed by atoms with Crippen molar-refractivity contribution >= 4 is 23.3 Å². The molecule has 2 amide bonds. The highest BCUT2D eigenvalue weighted by Crippen LogP contribution is 2.28. The van der Waals surface area contributed by atoms with Gasteiger partial charge in [0, 0.05) is 25.8 Å². The Hall–Kier alpha value is -3.13. The summed E-state index contributed by atoms with van der Waals surface area (Å²) in [6, 6.07) is 10.9. The van der Waals surface area contributed by atoms with Crippen LogP contribution in [0.25, 0.3) is 0 Å². The molecule has 0 unspecified atom stereocenters. The maximum atomic E-state index is 13.4. The van der Waals surface area contributed by atoms with Crippen LogP contribution in [0, 0.1) is 0 Å². The lowest BCUT2D eigenvalue weighted by Gasteiger charge is -2.25. The van der Waals surface area contributed by atoms with Crippen LogP contribution < -0.4 is 10.1 Å². The first-order valence-corrected chi connectivity index (χ1v) is 10.3. The number of amides is 2. The fourth-order valence-electron chi connectivity index (χ4n) is 3.64. The van der Waals surface area contributed by atoms with Crippen molar-refractivity contribution < 1.29 is 19.1 Å². The smallest absolute Gasteiger partial charge is 0.258 e. The van der Waals surface area contributed by atoms with Crippen LogP contribution in [0.1, 0.15) is 23.2 Å². The summed E-state index contributed by atoms with van der Waals surface area (Å²) >= 11 is 0. The third-order valence-corrected chi connectivity index (χ3v) is 5.24. The van der Waals surface area contributed by atoms with Crippen LogP contribution in [0.3, 0.4) is 0 Å². The number of carbonyl (C=O) groups is 2. The largest absolute Gasteiger partial charge is 0.489 e. The van der Waals surface area contributed by atoms with E-state index in [4.69, 9.17) is 9.47 Å². The lowest BCUT2D eigenvalue weighted by atomic mass is 10.2. The number of rotatable bonds is 2. The van der Waals surface area contributed by atoms with Crippen molar-refractivity contribution in [2.24, 2.45) is 0 Å². The zero-order valence-corrected chi connectivity index (χ0v) is 16.9. The molecule has 4 rings (SSSR count). The molecule has 2 aromatic rings. The second kappa shape index (κ2) is 9.58. The fourth-order valence-corrected chi connectivity index (χ4v) is 3.64. The number of pyridine rings is 1. The van der Waals surface area contributed by atoms with Gasteiger partial charge >= 0.3 is 0 Å². The van der Waals surface area contributed by atoms with E-state index in [0.717, 1.165) is 25.9 Å². The minimum absolute atomic E-state index is 0.0303. The van der Waals surface area contributed by atoms with Crippen molar-refractivity contribution in [2.75, 3.05) is 51.3 Å². The van der Waals surface area contributed by atoms with Crippen LogP contribution in [0.4, 0.5) is 11.5 Å². The summed E-state index contributed by atoms with van der Waals surface area (Å²) in [6.45, 7) is 2.96. The van der Waals surface area contributed by atoms with Gasteiger partial charge in [-0.2, -0.15) is 0 Å². The summed E-state index contributed by atoms with van der Waals surface area (Å²) in [5, 5.41) is 3.22. The predicted octanol–water partition coefficient (Wildman–Crippen LogP) is 2.30. The molecule has 0 aliphatic carbocycles. The number of para-hydroxylation sites is 2. The van der Waals surface area contributed by atoms with Gasteiger partial charge in [-0.1, -0.05) is 12.1 Å². The number of benzene rings is 1. The molecule has 2 aliphatic heterocycles. The van der Waals surface area contributed by atoms with E-state index in [0.29, 0.717) is 49.2 Å². The van der Waals surface area contributed by atoms with E-state index in [2.05, 4.69) is 10.3 Å². The second-order valence-corrected chi connectivity index (χ2v) is 7.30. The summed E-state index contributed by atoms with van der Waals surface area (Å²) in [4.78, 5) is 33.8. The Morgan fingerprint density at radius 3 is 2.73 bits per heavy atom. The van der Waals surface area contributed by atoms with Crippen LogP contribution in [-0.2, 0) is 9.53 Å². The number of hydrogen-bond donors (Lipinski definition) is 1. The first-order valence-electron chi connectivity index (χ1n) is 10.3. The van der Waals surface area contributed by atoms with Crippen LogP contribution in [0.5, 0.6) is 5.75 Å². The first kappa shape index (κ1) is 20.2. The van der Waals surface area contributed by atoms with Crippen LogP contribution >= 0.6 is 0 Å². The van der Waals surface area contributed by atoms with Crippen LogP contribution in [0.15, 0.2) is 42.6 Å². The zero-order valence-electron chi connectivity index (χ0n) is 16.9. The molecule has 1 N–H and O–H groups in total. The Morgan fingerprint density at radius 1 is 1.03 bits per heavy atom. The molecule has 3 heterocycles. The Morgan fingerprint density at radius 2 is 1.87 bits per heavy atom. The van der Waals surface area contributed by atoms with Crippen molar-refractivity contribution in [2.45, 2.75) is 12.8 Å². The molecule has 0 radical (unpaired) electrons. The van der Waals surface area contributed by atoms with Gasteiger partial charge in [-0.05, 0) is 37.1 Å². The average Bonchev–Trinajstić information content (AvgIpc) is 3.31. The third kappa shape index (κ3) is 4.71. The molecule has 0 atom stereocenters. The number of hydrogen-bond acceptors (Lipinski definition) is 6. The monoisotopic (exact) mass is 410 g/mol. The summed E-state index contributed by atoms with van der Waals surface area (Å²) in [6.07, 6.45) is 3.65. The molecule has 2 aliphatic rings. The number of nitrogens with one attached hydrogen (secondary N) is 1. The highest BCUT2D eigenvalue weighted by molar-refractivity contribution is 6.01. The molecule has 1 saturated heterocycles. The van der Waals surface area contributed by atoms with Crippen molar-refractivity contribution in [1.82, 2.24) is 14.8 Å². The molecule has 1 fully saturated rings. The summed E-state index contributed by atoms with van der Waals surface area (Å²) in [5.41, 5.74) is 1.12. The molecule has 1 aromatic carbocycles. The van der Waals surface area contributed by atoms with Gasteiger partial charge in [-0.25, -0.2) is 4.98 Å². The lowest BCUT2D eigenvalue weighted by molar-refractivity contribution is -0.131. The normalized spacial score (nSPS) is 17.5. The van der Waals surface area contributed by atoms with E-state index in [9.17, 15) is 9.59 Å². The van der Waals surface area contributed by atoms with Crippen LogP contribution in [-0.4, -0.2) is 72.6 Å². The van der Waals surface area contributed by atoms with E-state index in [1.807, 2.05) is 29.2 Å². The number of carbonyl (C=O) groups excluding carboxylic acids is 2. The molecule has 0 saturated carbocycles. The summed E-state index contributed by atoms with van der Waals surface area (Å²) in [5.74, 6) is 0.805. The quantitative estimate of drug-likeness (QED) is 0.818. The Labute approximate surface area is 175 Å². The lowest BCUT2D eigenvalue weighted by Crippen LogP contribution is -2.43. The fraction of sp³-hybridized carbons (Fsp3) is 0.409. The Balaban J connectivity index is 1.62. The first-order chi connectivity index (χ1) is 14.7. The van der Waals surface area contributed by atoms with Crippen molar-refractivity contribution in [3.05, 3.63) is 48.2 Å². The predicted molar refractivity (Wildman–Crippen MR) is 112 cm³/mol. The SMILES string of the molecule is O=C(CN1CCOCCOc2ccccc2Nc2ncccc2C1=O)N1CCCC1. The number of ether oxygens (including phenoxy) is 2. The maximum absolute atomic E-state index is 13.4. The van der Waals surface area contributed by atoms with Gasteiger partial charge in [0.15, 0.2) is 0 Å². The number of anilines is 2. The molecular weight excluding hydrogens is 384 g/mol. The number of nitrogens with zero attached hydrogens (tertiary/aromatic N) is 3. The van der Waals surface area contributed by atoms with Gasteiger partial charge in [-0.3, -0.25) is 9.59 Å². The second-order valence-electron chi connectivity index (χ2n) is 7.30. The van der Waals surface area contributed by atoms with Crippen molar-refractivity contribution in [3.63, 3.8) is 0 Å². The molecule has 8 heteroatoms. The molecular formula is C22H26N4O4. The molecule has 8 nitrogen and oxygen atoms in total. The third-order valence-electron chi connectivity index (χ3n) is 5.24. The highest BCUT2D eigenvalue weighted by atomic mass is 16.5. The molecule has 0 bridgehead atoms. The average molecular weight is 410 g/mol. The minimum atomic E-state index is -0.251. The van der Waals surface area contributed by atoms with E-state index < -0.39 is 0 Å². The van der Waals surface area contributed by atoms with Gasteiger partial charge in [0.25, 0.3) is 5.91 Å². The van der Waals surface area contributed by atoms with E-state index >= 15 is 0 Å². The topological polar surface area (TPSA) is 84.0 Å². The Bertz CT molecular complexity index is 898. The van der Waals surface area contributed by atoms with Gasteiger partial charge in [-0.15, -0.1) is 0 Å². The standard InChI is InChI=1S/C22H26N4O4/c27-20(25-10-3-4-11-25)16-26-12-13-29-14-15-30-19-8-2-1-7-18(19)24-21-17(22(26)28)6-5-9-23-21/h1-2,5-9H,3-4,10-16H2,(H,23,24). The number of likely N-dealkylation sites (tertiary alicyclic amines) is 1. The Kier molecular flexibility index (Phi) is 6.44. The van der Waals surface area contributed by atoms with Crippen molar-refractivity contribution in [1.29, 1.82) is 0 Å². The van der Waals surface area contributed by atoms with E-state index in [1.54, 1.807) is 23.2 Å². The number of fused-ring (bicyclic) bond motifs is 2. The summed E-state index contributed by atoms with van der Waals surface area (Å²) in [7, 11) is 0. The molecule has 158 valence electrons. The minimum Gasteiger partial charge on any atom is -0.489 e. The van der Waals surface area contributed by atoms with Crippen LogP contribution in [0.2, 0.25) is 0 Å². The van der Waals surface area contributed by atoms with Gasteiger partial charge in [0.1, 0.15) is 24.7 Å². The molecule has 1 aromatic heterocycles. The van der Waals surface area contributed by atoms with Gasteiger partial charge in [0.2, 0.25) is 5.91 Å². The zero-order chi connectivity index (χ0) is 20.8. The molecule has 30 heavy (non-hydrogen) atoms. The van der Waals surface area contributed by atoms with Gasteiger partial charge < -0.3 is 24.6 Å². The summed E-state index contributed by atoms with van der Waals surface area (Å²) < 4.78 is 11.5. The number of aromatic nitrogens is 1. The molecule has 0 spiro atoms.